The molecule has 0 bridgehead atoms. The van der Waals surface area contributed by atoms with Gasteiger partial charge in [-0.2, -0.15) is 0 Å². The van der Waals surface area contributed by atoms with Crippen molar-refractivity contribution in [3.8, 4) is 0 Å². The van der Waals surface area contributed by atoms with E-state index in [1.54, 1.807) is 0 Å². The molecule has 1 aliphatic carbocycles. The fourth-order valence-corrected chi connectivity index (χ4v) is 5.45. The molecule has 0 unspecified atom stereocenters. The smallest absolute Gasteiger partial charge is 0.335 e. The molecular weight excluding hydrogens is 352 g/mol. The van der Waals surface area contributed by atoms with E-state index in [9.17, 15) is 13.2 Å². The normalized spacial score (nSPS) is 23.5. The zero-order valence-electron chi connectivity index (χ0n) is 15.1. The monoisotopic (exact) mass is 380 g/mol. The summed E-state index contributed by atoms with van der Waals surface area (Å²) in [5.41, 5.74) is -0.0170. The number of carboxylic acids is 1. The van der Waals surface area contributed by atoms with Gasteiger partial charge < -0.3 is 5.11 Å². The van der Waals surface area contributed by atoms with E-state index in [4.69, 9.17) is 5.11 Å². The quantitative estimate of drug-likeness (QED) is 0.767. The van der Waals surface area contributed by atoms with Crippen molar-refractivity contribution in [1.29, 1.82) is 0 Å². The van der Waals surface area contributed by atoms with Crippen LogP contribution in [0.5, 0.6) is 0 Å². The van der Waals surface area contributed by atoms with Gasteiger partial charge in [0, 0.05) is 18.6 Å². The molecule has 7 heteroatoms. The zero-order chi connectivity index (χ0) is 18.6. The van der Waals surface area contributed by atoms with Crippen molar-refractivity contribution >= 4 is 16.0 Å². The average Bonchev–Trinajstić information content (AvgIpc) is 2.91. The number of likely N-dealkylation sites (tertiary alicyclic amines) is 1. The summed E-state index contributed by atoms with van der Waals surface area (Å²) in [5, 5.41) is 9.08. The molecule has 26 heavy (non-hydrogen) atoms. The van der Waals surface area contributed by atoms with Crippen LogP contribution in [0.1, 0.15) is 61.7 Å². The van der Waals surface area contributed by atoms with Crippen LogP contribution in [0, 0.1) is 0 Å². The minimum atomic E-state index is -3.72. The van der Waals surface area contributed by atoms with Crippen LogP contribution in [0.15, 0.2) is 29.2 Å². The van der Waals surface area contributed by atoms with Crippen molar-refractivity contribution in [3.63, 3.8) is 0 Å². The van der Waals surface area contributed by atoms with E-state index < -0.39 is 16.0 Å². The van der Waals surface area contributed by atoms with Gasteiger partial charge in [-0.15, -0.1) is 0 Å². The van der Waals surface area contributed by atoms with E-state index in [-0.39, 0.29) is 16.5 Å². The summed E-state index contributed by atoms with van der Waals surface area (Å²) in [6, 6.07) is 5.98. The number of nitrogens with one attached hydrogen (secondary N) is 1. The third-order valence-corrected chi connectivity index (χ3v) is 7.03. The molecular formula is C19H28N2O4S. The number of rotatable bonds is 5. The Bertz CT molecular complexity index is 727. The lowest BCUT2D eigenvalue weighted by molar-refractivity contribution is 0.0696. The standard InChI is InChI=1S/C19H28N2O4S/c22-19(23)15-7-5-11-18(13-15)26(24,25)20-16-8-6-12-21(14-16)17-9-3-1-2-4-10-17/h5,7,11,13,16-17,20H,1-4,6,8-10,12,14H2,(H,22,23)/t16-/m0/s1. The first kappa shape index (κ1) is 19.3. The predicted molar refractivity (Wildman–Crippen MR) is 99.8 cm³/mol. The number of hydrogen-bond donors (Lipinski definition) is 2. The molecule has 0 amide bonds. The van der Waals surface area contributed by atoms with Crippen molar-refractivity contribution < 1.29 is 18.3 Å². The molecule has 1 aromatic rings. The zero-order valence-corrected chi connectivity index (χ0v) is 15.9. The lowest BCUT2D eigenvalue weighted by atomic mass is 10.0. The number of carboxylic acid groups (broad SMARTS) is 1. The van der Waals surface area contributed by atoms with Gasteiger partial charge in [-0.05, 0) is 50.4 Å². The summed E-state index contributed by atoms with van der Waals surface area (Å²) >= 11 is 0. The SMILES string of the molecule is O=C(O)c1cccc(S(=O)(=O)N[C@H]2CCCN(C3CCCCCC3)C2)c1. The van der Waals surface area contributed by atoms with Gasteiger partial charge in [0.2, 0.25) is 10.0 Å². The first-order chi connectivity index (χ1) is 12.5. The number of benzene rings is 1. The highest BCUT2D eigenvalue weighted by atomic mass is 32.2. The summed E-state index contributed by atoms with van der Waals surface area (Å²) in [6.45, 7) is 1.78. The van der Waals surface area contributed by atoms with E-state index in [2.05, 4.69) is 9.62 Å². The summed E-state index contributed by atoms with van der Waals surface area (Å²) in [6.07, 6.45) is 9.36. The first-order valence-corrected chi connectivity index (χ1v) is 11.0. The van der Waals surface area contributed by atoms with Gasteiger partial charge in [0.25, 0.3) is 0 Å². The van der Waals surface area contributed by atoms with Crippen molar-refractivity contribution in [2.24, 2.45) is 0 Å². The van der Waals surface area contributed by atoms with Crippen molar-refractivity contribution in [3.05, 3.63) is 29.8 Å². The molecule has 1 heterocycles. The largest absolute Gasteiger partial charge is 0.478 e. The second-order valence-electron chi connectivity index (χ2n) is 7.43. The fourth-order valence-electron chi connectivity index (χ4n) is 4.14. The molecule has 144 valence electrons. The molecule has 3 rings (SSSR count). The van der Waals surface area contributed by atoms with Crippen LogP contribution in [0.4, 0.5) is 0 Å². The highest BCUT2D eigenvalue weighted by molar-refractivity contribution is 7.89. The van der Waals surface area contributed by atoms with E-state index in [0.29, 0.717) is 6.04 Å². The Labute approximate surface area is 155 Å². The van der Waals surface area contributed by atoms with Crippen molar-refractivity contribution in [2.45, 2.75) is 68.3 Å². The lowest BCUT2D eigenvalue weighted by Crippen LogP contribution is -2.50. The molecule has 1 aliphatic heterocycles. The van der Waals surface area contributed by atoms with Gasteiger partial charge in [0.05, 0.1) is 10.5 Å². The Kier molecular flexibility index (Phi) is 6.32. The molecule has 2 fully saturated rings. The van der Waals surface area contributed by atoms with Crippen LogP contribution < -0.4 is 4.72 Å². The van der Waals surface area contributed by atoms with Crippen LogP contribution >= 0.6 is 0 Å². The van der Waals surface area contributed by atoms with Gasteiger partial charge in [-0.25, -0.2) is 17.9 Å². The molecule has 1 atom stereocenters. The predicted octanol–water partition coefficient (Wildman–Crippen LogP) is 2.85. The Balaban J connectivity index is 1.67. The van der Waals surface area contributed by atoms with Crippen LogP contribution in [-0.2, 0) is 10.0 Å². The number of nitrogens with zero attached hydrogens (tertiary/aromatic N) is 1. The Morgan fingerprint density at radius 2 is 1.81 bits per heavy atom. The third kappa shape index (κ3) is 4.84. The van der Waals surface area contributed by atoms with E-state index >= 15 is 0 Å². The van der Waals surface area contributed by atoms with Gasteiger partial charge in [0.1, 0.15) is 0 Å². The van der Waals surface area contributed by atoms with Crippen LogP contribution in [0.25, 0.3) is 0 Å². The van der Waals surface area contributed by atoms with Crippen LogP contribution in [0.3, 0.4) is 0 Å². The van der Waals surface area contributed by atoms with Gasteiger partial charge in [-0.1, -0.05) is 31.7 Å². The maximum Gasteiger partial charge on any atom is 0.335 e. The topological polar surface area (TPSA) is 86.7 Å². The minimum Gasteiger partial charge on any atom is -0.478 e. The van der Waals surface area contributed by atoms with Gasteiger partial charge >= 0.3 is 5.97 Å². The second-order valence-corrected chi connectivity index (χ2v) is 9.15. The highest BCUT2D eigenvalue weighted by Gasteiger charge is 2.29. The summed E-state index contributed by atoms with van der Waals surface area (Å²) in [7, 11) is -3.72. The lowest BCUT2D eigenvalue weighted by Gasteiger charge is -2.38. The first-order valence-electron chi connectivity index (χ1n) is 9.55. The molecule has 1 aromatic carbocycles. The number of piperidine rings is 1. The van der Waals surface area contributed by atoms with E-state index in [1.807, 2.05) is 0 Å². The number of sulfonamides is 1. The van der Waals surface area contributed by atoms with Crippen molar-refractivity contribution in [2.75, 3.05) is 13.1 Å². The van der Waals surface area contributed by atoms with E-state index in [0.717, 1.165) is 25.9 Å². The average molecular weight is 381 g/mol. The van der Waals surface area contributed by atoms with E-state index in [1.165, 1.54) is 62.8 Å². The van der Waals surface area contributed by atoms with Crippen molar-refractivity contribution in [1.82, 2.24) is 9.62 Å². The number of hydrogen-bond acceptors (Lipinski definition) is 4. The molecule has 0 radical (unpaired) electrons. The summed E-state index contributed by atoms with van der Waals surface area (Å²) < 4.78 is 28.2. The van der Waals surface area contributed by atoms with Gasteiger partial charge in [0.15, 0.2) is 0 Å². The molecule has 2 N–H and O–H groups in total. The Morgan fingerprint density at radius 3 is 2.50 bits per heavy atom. The molecule has 0 spiro atoms. The number of carbonyl (C=O) groups is 1. The van der Waals surface area contributed by atoms with Crippen LogP contribution in [0.2, 0.25) is 0 Å². The summed E-state index contributed by atoms with van der Waals surface area (Å²) in [4.78, 5) is 13.6. The molecule has 0 aromatic heterocycles. The molecule has 1 saturated carbocycles. The second kappa shape index (κ2) is 8.50. The summed E-state index contributed by atoms with van der Waals surface area (Å²) in [5.74, 6) is -1.13. The fraction of sp³-hybridized carbons (Fsp3) is 0.632. The maximum absolute atomic E-state index is 12.7. The Hall–Kier alpha value is -1.44. The van der Waals surface area contributed by atoms with Crippen LogP contribution in [-0.4, -0.2) is 49.6 Å². The maximum atomic E-state index is 12.7. The van der Waals surface area contributed by atoms with Gasteiger partial charge in [-0.3, -0.25) is 4.90 Å². The highest BCUT2D eigenvalue weighted by Crippen LogP contribution is 2.25. The Morgan fingerprint density at radius 1 is 1.08 bits per heavy atom. The molecule has 2 aliphatic rings. The molecule has 1 saturated heterocycles. The molecule has 6 nitrogen and oxygen atoms in total. The minimum absolute atomic E-state index is 0.0170. The third-order valence-electron chi connectivity index (χ3n) is 5.51. The number of aromatic carboxylic acids is 1.